The van der Waals surface area contributed by atoms with Gasteiger partial charge in [-0.25, -0.2) is 0 Å². The highest BCUT2D eigenvalue weighted by molar-refractivity contribution is 14.0. The van der Waals surface area contributed by atoms with Crippen molar-refractivity contribution in [2.75, 3.05) is 41.3 Å². The highest BCUT2D eigenvalue weighted by Gasteiger charge is 2.15. The second kappa shape index (κ2) is 11.3. The van der Waals surface area contributed by atoms with Gasteiger partial charge in [-0.3, -0.25) is 4.99 Å². The molecule has 0 amide bonds. The highest BCUT2D eigenvalue weighted by atomic mass is 127. The van der Waals surface area contributed by atoms with E-state index >= 15 is 0 Å². The molecule has 0 spiro atoms. The quantitative estimate of drug-likeness (QED) is 0.309. The van der Waals surface area contributed by atoms with Gasteiger partial charge >= 0.3 is 0 Å². The third-order valence-electron chi connectivity index (χ3n) is 3.20. The Bertz CT molecular complexity index is 477. The normalized spacial score (nSPS) is 12.3. The van der Waals surface area contributed by atoms with Crippen LogP contribution in [0.3, 0.4) is 0 Å². The third kappa shape index (κ3) is 6.65. The summed E-state index contributed by atoms with van der Waals surface area (Å²) in [6.45, 7) is 5.12. The predicted octanol–water partition coefficient (Wildman–Crippen LogP) is 2.27. The van der Waals surface area contributed by atoms with Gasteiger partial charge in [-0.15, -0.1) is 30.6 Å². The summed E-state index contributed by atoms with van der Waals surface area (Å²) in [5, 5.41) is 6.50. The highest BCUT2D eigenvalue weighted by Crippen LogP contribution is 2.21. The van der Waals surface area contributed by atoms with Crippen LogP contribution in [0.5, 0.6) is 5.75 Å². The molecular formula is C16H27IN4O. The lowest BCUT2D eigenvalue weighted by atomic mass is 10.1. The fraction of sp³-hybridized carbons (Fsp3) is 0.438. The van der Waals surface area contributed by atoms with Crippen LogP contribution in [-0.2, 0) is 0 Å². The number of nitrogens with zero attached hydrogens (tertiary/aromatic N) is 2. The lowest BCUT2D eigenvalue weighted by molar-refractivity contribution is 0.297. The zero-order valence-corrected chi connectivity index (χ0v) is 16.1. The van der Waals surface area contributed by atoms with Crippen LogP contribution in [0.25, 0.3) is 0 Å². The molecule has 0 aliphatic rings. The minimum Gasteiger partial charge on any atom is -0.497 e. The molecule has 0 bridgehead atoms. The average Bonchev–Trinajstić information content (AvgIpc) is 2.50. The number of aliphatic imine (C=N–C) groups is 1. The molecule has 0 aromatic heterocycles. The zero-order valence-electron chi connectivity index (χ0n) is 13.8. The average molecular weight is 418 g/mol. The predicted molar refractivity (Wildman–Crippen MR) is 104 cm³/mol. The molecule has 0 aliphatic carbocycles. The van der Waals surface area contributed by atoms with E-state index in [0.717, 1.165) is 18.3 Å². The molecule has 22 heavy (non-hydrogen) atoms. The minimum atomic E-state index is 0. The molecule has 1 aromatic carbocycles. The molecule has 0 saturated carbocycles. The van der Waals surface area contributed by atoms with E-state index in [2.05, 4.69) is 53.3 Å². The number of halogens is 1. The van der Waals surface area contributed by atoms with Crippen molar-refractivity contribution in [1.29, 1.82) is 0 Å². The fourth-order valence-corrected chi connectivity index (χ4v) is 2.03. The number of rotatable bonds is 7. The third-order valence-corrected chi connectivity index (χ3v) is 3.20. The molecule has 1 aromatic rings. The molecule has 2 N–H and O–H groups in total. The molecule has 124 valence electrons. The SMILES string of the molecule is C=CCNC(=NC)NCC(c1cccc(OC)c1)N(C)C.I. The van der Waals surface area contributed by atoms with Gasteiger partial charge in [0.1, 0.15) is 5.75 Å². The van der Waals surface area contributed by atoms with E-state index in [1.807, 2.05) is 12.1 Å². The van der Waals surface area contributed by atoms with Crippen molar-refractivity contribution in [3.05, 3.63) is 42.5 Å². The number of likely N-dealkylation sites (N-methyl/N-ethyl adjacent to an activating group) is 1. The van der Waals surface area contributed by atoms with E-state index in [9.17, 15) is 0 Å². The molecule has 1 unspecified atom stereocenters. The van der Waals surface area contributed by atoms with Crippen molar-refractivity contribution < 1.29 is 4.74 Å². The van der Waals surface area contributed by atoms with Gasteiger partial charge in [-0.2, -0.15) is 0 Å². The van der Waals surface area contributed by atoms with E-state index in [4.69, 9.17) is 4.74 Å². The Labute approximate surface area is 150 Å². The van der Waals surface area contributed by atoms with E-state index in [-0.39, 0.29) is 30.0 Å². The zero-order chi connectivity index (χ0) is 15.7. The summed E-state index contributed by atoms with van der Waals surface area (Å²) in [4.78, 5) is 6.36. The van der Waals surface area contributed by atoms with Gasteiger partial charge < -0.3 is 20.3 Å². The van der Waals surface area contributed by atoms with Crippen molar-refractivity contribution in [3.8, 4) is 5.75 Å². The van der Waals surface area contributed by atoms with E-state index in [1.165, 1.54) is 5.56 Å². The Balaban J connectivity index is 0.00000441. The van der Waals surface area contributed by atoms with Gasteiger partial charge in [0.25, 0.3) is 0 Å². The summed E-state index contributed by atoms with van der Waals surface area (Å²) in [5.41, 5.74) is 1.20. The molecule has 1 rings (SSSR count). The first-order valence-electron chi connectivity index (χ1n) is 6.98. The number of ether oxygens (including phenoxy) is 1. The Kier molecular flexibility index (Phi) is 10.7. The van der Waals surface area contributed by atoms with E-state index in [0.29, 0.717) is 6.54 Å². The Morgan fingerprint density at radius 3 is 2.68 bits per heavy atom. The summed E-state index contributed by atoms with van der Waals surface area (Å²) in [6.07, 6.45) is 1.80. The summed E-state index contributed by atoms with van der Waals surface area (Å²) in [5.74, 6) is 1.64. The van der Waals surface area contributed by atoms with Crippen LogP contribution in [-0.4, -0.2) is 52.2 Å². The van der Waals surface area contributed by atoms with Crippen molar-refractivity contribution in [1.82, 2.24) is 15.5 Å². The number of hydrogen-bond donors (Lipinski definition) is 2. The molecule has 5 nitrogen and oxygen atoms in total. The fourth-order valence-electron chi connectivity index (χ4n) is 2.03. The number of guanidine groups is 1. The van der Waals surface area contributed by atoms with Gasteiger partial charge in [0, 0.05) is 20.1 Å². The molecule has 0 aliphatic heterocycles. The molecule has 0 radical (unpaired) electrons. The summed E-state index contributed by atoms with van der Waals surface area (Å²) in [6, 6.07) is 8.35. The topological polar surface area (TPSA) is 48.9 Å². The summed E-state index contributed by atoms with van der Waals surface area (Å²) < 4.78 is 5.30. The van der Waals surface area contributed by atoms with Crippen LogP contribution in [0.2, 0.25) is 0 Å². The van der Waals surface area contributed by atoms with Crippen molar-refractivity contribution in [3.63, 3.8) is 0 Å². The first-order chi connectivity index (χ1) is 10.1. The van der Waals surface area contributed by atoms with Crippen LogP contribution in [0.4, 0.5) is 0 Å². The monoisotopic (exact) mass is 418 g/mol. The van der Waals surface area contributed by atoms with Gasteiger partial charge in [-0.05, 0) is 31.8 Å². The van der Waals surface area contributed by atoms with Gasteiger partial charge in [0.15, 0.2) is 5.96 Å². The smallest absolute Gasteiger partial charge is 0.191 e. The Morgan fingerprint density at radius 2 is 2.14 bits per heavy atom. The number of benzene rings is 1. The van der Waals surface area contributed by atoms with Crippen molar-refractivity contribution >= 4 is 29.9 Å². The second-order valence-electron chi connectivity index (χ2n) is 4.88. The molecule has 0 fully saturated rings. The van der Waals surface area contributed by atoms with Crippen LogP contribution in [0.1, 0.15) is 11.6 Å². The largest absolute Gasteiger partial charge is 0.497 e. The first-order valence-corrected chi connectivity index (χ1v) is 6.98. The van der Waals surface area contributed by atoms with Crippen molar-refractivity contribution in [2.24, 2.45) is 4.99 Å². The minimum absolute atomic E-state index is 0. The van der Waals surface area contributed by atoms with Gasteiger partial charge in [0.05, 0.1) is 13.2 Å². The lowest BCUT2D eigenvalue weighted by Gasteiger charge is -2.26. The Hall–Kier alpha value is -1.28. The van der Waals surface area contributed by atoms with Crippen LogP contribution in [0, 0.1) is 0 Å². The second-order valence-corrected chi connectivity index (χ2v) is 4.88. The lowest BCUT2D eigenvalue weighted by Crippen LogP contribution is -2.41. The first kappa shape index (κ1) is 20.7. The summed E-state index contributed by atoms with van der Waals surface area (Å²) >= 11 is 0. The number of nitrogens with one attached hydrogen (secondary N) is 2. The number of methoxy groups -OCH3 is 1. The standard InChI is InChI=1S/C16H26N4O.HI/c1-6-10-18-16(17-2)19-12-15(20(3)4)13-8-7-9-14(11-13)21-5;/h6-9,11,15H,1,10,12H2,2-5H3,(H2,17,18,19);1H. The van der Waals surface area contributed by atoms with Gasteiger partial charge in [0.2, 0.25) is 0 Å². The maximum atomic E-state index is 5.30. The van der Waals surface area contributed by atoms with Crippen LogP contribution >= 0.6 is 24.0 Å². The van der Waals surface area contributed by atoms with E-state index in [1.54, 1.807) is 20.2 Å². The Morgan fingerprint density at radius 1 is 1.41 bits per heavy atom. The maximum absolute atomic E-state index is 5.30. The molecule has 0 saturated heterocycles. The van der Waals surface area contributed by atoms with Crippen molar-refractivity contribution in [2.45, 2.75) is 6.04 Å². The molecule has 1 atom stereocenters. The van der Waals surface area contributed by atoms with E-state index < -0.39 is 0 Å². The van der Waals surface area contributed by atoms with Crippen LogP contribution in [0.15, 0.2) is 41.9 Å². The van der Waals surface area contributed by atoms with Gasteiger partial charge in [-0.1, -0.05) is 18.2 Å². The summed E-state index contributed by atoms with van der Waals surface area (Å²) in [7, 11) is 7.56. The van der Waals surface area contributed by atoms with Crippen LogP contribution < -0.4 is 15.4 Å². The molecular weight excluding hydrogens is 391 g/mol. The maximum Gasteiger partial charge on any atom is 0.191 e. The molecule has 0 heterocycles. The molecule has 6 heteroatoms. The number of hydrogen-bond acceptors (Lipinski definition) is 3.